The molecule has 0 fully saturated rings. The number of aromatic nitrogens is 2. The molecule has 0 atom stereocenters. The quantitative estimate of drug-likeness (QED) is 0.242. The smallest absolute Gasteiger partial charge is 0.303 e. The number of nitrogens with one attached hydrogen (secondary N) is 1. The van der Waals surface area contributed by atoms with E-state index in [1.807, 2.05) is 54.7 Å². The number of carbonyl (C=O) groups is 2. The molecule has 1 aromatic heterocycles. The average molecular weight is 510 g/mol. The average Bonchev–Trinajstić information content (AvgIpc) is 3.38. The first-order chi connectivity index (χ1) is 18.5. The molecule has 38 heavy (non-hydrogen) atoms. The maximum absolute atomic E-state index is 11.8. The van der Waals surface area contributed by atoms with Crippen molar-refractivity contribution in [2.24, 2.45) is 0 Å². The van der Waals surface area contributed by atoms with E-state index in [1.54, 1.807) is 19.2 Å². The summed E-state index contributed by atoms with van der Waals surface area (Å²) in [5.74, 6) is 0.669. The largest absolute Gasteiger partial charge is 0.494 e. The molecule has 7 heteroatoms. The van der Waals surface area contributed by atoms with Gasteiger partial charge >= 0.3 is 5.97 Å². The Morgan fingerprint density at radius 1 is 0.921 bits per heavy atom. The van der Waals surface area contributed by atoms with Gasteiger partial charge in [-0.3, -0.25) is 9.59 Å². The second-order valence-electron chi connectivity index (χ2n) is 8.75. The van der Waals surface area contributed by atoms with Crippen LogP contribution in [0.5, 0.6) is 5.75 Å². The van der Waals surface area contributed by atoms with Gasteiger partial charge in [0.1, 0.15) is 11.6 Å². The van der Waals surface area contributed by atoms with Crippen molar-refractivity contribution in [2.75, 3.05) is 13.7 Å². The van der Waals surface area contributed by atoms with E-state index >= 15 is 0 Å². The van der Waals surface area contributed by atoms with E-state index in [1.165, 1.54) is 0 Å². The molecule has 0 spiro atoms. The number of benzene rings is 3. The van der Waals surface area contributed by atoms with E-state index in [4.69, 9.17) is 14.8 Å². The number of hydrogen-bond acceptors (Lipinski definition) is 4. The Labute approximate surface area is 222 Å². The highest BCUT2D eigenvalue weighted by Gasteiger charge is 2.09. The molecule has 0 saturated carbocycles. The molecule has 1 amide bonds. The van der Waals surface area contributed by atoms with Gasteiger partial charge < -0.3 is 19.7 Å². The van der Waals surface area contributed by atoms with Crippen molar-refractivity contribution in [1.82, 2.24) is 14.9 Å². The van der Waals surface area contributed by atoms with Crippen molar-refractivity contribution in [3.63, 3.8) is 0 Å². The Bertz CT molecular complexity index is 1400. The summed E-state index contributed by atoms with van der Waals surface area (Å²) in [4.78, 5) is 27.2. The van der Waals surface area contributed by atoms with Crippen LogP contribution in [-0.4, -0.2) is 40.2 Å². The summed E-state index contributed by atoms with van der Waals surface area (Å²) in [7, 11) is 1.62. The van der Waals surface area contributed by atoms with E-state index in [0.29, 0.717) is 18.6 Å². The molecule has 1 heterocycles. The number of carboxylic acids is 1. The first-order valence-corrected chi connectivity index (χ1v) is 12.6. The third kappa shape index (κ3) is 6.76. The Hall–Kier alpha value is -4.65. The van der Waals surface area contributed by atoms with E-state index in [9.17, 15) is 9.59 Å². The maximum Gasteiger partial charge on any atom is 0.303 e. The predicted octanol–water partition coefficient (Wildman–Crippen LogP) is 6.01. The topological polar surface area (TPSA) is 93.5 Å². The summed E-state index contributed by atoms with van der Waals surface area (Å²) in [5, 5.41) is 11.3. The molecule has 0 aliphatic carbocycles. The molecule has 194 valence electrons. The molecule has 7 nitrogen and oxygen atoms in total. The second-order valence-corrected chi connectivity index (χ2v) is 8.75. The lowest BCUT2D eigenvalue weighted by Gasteiger charge is -2.07. The molecular weight excluding hydrogens is 478 g/mol. The van der Waals surface area contributed by atoms with Gasteiger partial charge in [0.25, 0.3) is 5.91 Å². The monoisotopic (exact) mass is 509 g/mol. The summed E-state index contributed by atoms with van der Waals surface area (Å²) >= 11 is 0. The molecule has 3 aromatic carbocycles. The minimum atomic E-state index is -0.812. The van der Waals surface area contributed by atoms with Crippen LogP contribution in [0.2, 0.25) is 0 Å². The van der Waals surface area contributed by atoms with Crippen molar-refractivity contribution >= 4 is 24.0 Å². The Balaban J connectivity index is 1.41. The van der Waals surface area contributed by atoms with E-state index in [2.05, 4.69) is 41.1 Å². The molecule has 0 saturated heterocycles. The van der Waals surface area contributed by atoms with Gasteiger partial charge in [-0.2, -0.15) is 0 Å². The van der Waals surface area contributed by atoms with Crippen molar-refractivity contribution in [2.45, 2.75) is 26.3 Å². The van der Waals surface area contributed by atoms with E-state index < -0.39 is 5.97 Å². The van der Waals surface area contributed by atoms with Crippen molar-refractivity contribution in [1.29, 1.82) is 0 Å². The summed E-state index contributed by atoms with van der Waals surface area (Å²) < 4.78 is 7.71. The fourth-order valence-electron chi connectivity index (χ4n) is 4.01. The normalized spacial score (nSPS) is 11.0. The molecule has 0 aliphatic rings. The van der Waals surface area contributed by atoms with Gasteiger partial charge in [-0.1, -0.05) is 54.6 Å². The van der Waals surface area contributed by atoms with Gasteiger partial charge in [0, 0.05) is 37.3 Å². The van der Waals surface area contributed by atoms with Gasteiger partial charge in [-0.05, 0) is 60.4 Å². The Morgan fingerprint density at radius 3 is 2.16 bits per heavy atom. The minimum absolute atomic E-state index is 0.106. The fraction of sp³-hybridized carbons (Fsp3) is 0.194. The number of ether oxygens (including phenoxy) is 1. The third-order valence-electron chi connectivity index (χ3n) is 6.14. The zero-order valence-corrected chi connectivity index (χ0v) is 21.6. The molecule has 4 rings (SSSR count). The van der Waals surface area contributed by atoms with Crippen molar-refractivity contribution in [3.05, 3.63) is 95.9 Å². The SMILES string of the molecule is CCn1cc(-c2ccc(C(=O)NC)cc2)nc1/C=C/c1ccc(-c2ccc(OCCCC(=O)O)cc2)cc1. The van der Waals surface area contributed by atoms with Gasteiger partial charge in [-0.25, -0.2) is 4.98 Å². The van der Waals surface area contributed by atoms with Crippen LogP contribution in [0.25, 0.3) is 34.5 Å². The number of carbonyl (C=O) groups excluding carboxylic acids is 1. The molecule has 0 aliphatic heterocycles. The van der Waals surface area contributed by atoms with Gasteiger partial charge in [0.05, 0.1) is 12.3 Å². The predicted molar refractivity (Wildman–Crippen MR) is 150 cm³/mol. The molecule has 0 unspecified atom stereocenters. The number of hydrogen-bond donors (Lipinski definition) is 2. The van der Waals surface area contributed by atoms with Gasteiger partial charge in [0.15, 0.2) is 0 Å². The molecule has 0 bridgehead atoms. The van der Waals surface area contributed by atoms with Crippen LogP contribution in [0, 0.1) is 0 Å². The maximum atomic E-state index is 11.8. The van der Waals surface area contributed by atoms with Crippen molar-refractivity contribution < 1.29 is 19.4 Å². The molecule has 4 aromatic rings. The first kappa shape index (κ1) is 26.4. The number of imidazole rings is 1. The lowest BCUT2D eigenvalue weighted by Crippen LogP contribution is -2.17. The summed E-state index contributed by atoms with van der Waals surface area (Å²) in [5.41, 5.74) is 5.67. The fourth-order valence-corrected chi connectivity index (χ4v) is 4.01. The lowest BCUT2D eigenvalue weighted by atomic mass is 10.0. The molecular formula is C31H31N3O4. The number of nitrogens with zero attached hydrogens (tertiary/aromatic N) is 2. The van der Waals surface area contributed by atoms with Crippen LogP contribution in [0.3, 0.4) is 0 Å². The Kier molecular flexibility index (Phi) is 8.72. The number of carboxylic acid groups (broad SMARTS) is 1. The molecule has 2 N–H and O–H groups in total. The highest BCUT2D eigenvalue weighted by molar-refractivity contribution is 5.94. The molecule has 0 radical (unpaired) electrons. The van der Waals surface area contributed by atoms with Gasteiger partial charge in [0.2, 0.25) is 0 Å². The zero-order chi connectivity index (χ0) is 26.9. The highest BCUT2D eigenvalue weighted by atomic mass is 16.5. The Morgan fingerprint density at radius 2 is 1.55 bits per heavy atom. The van der Waals surface area contributed by atoms with Crippen LogP contribution in [0.15, 0.2) is 79.0 Å². The number of amides is 1. The first-order valence-electron chi connectivity index (χ1n) is 12.6. The number of aliphatic carboxylic acids is 1. The summed E-state index contributed by atoms with van der Waals surface area (Å²) in [6.07, 6.45) is 6.67. The minimum Gasteiger partial charge on any atom is -0.494 e. The van der Waals surface area contributed by atoms with Crippen LogP contribution in [0.1, 0.15) is 41.5 Å². The van der Waals surface area contributed by atoms with Crippen molar-refractivity contribution in [3.8, 4) is 28.1 Å². The van der Waals surface area contributed by atoms with E-state index in [0.717, 1.165) is 46.1 Å². The van der Waals surface area contributed by atoms with E-state index in [-0.39, 0.29) is 12.3 Å². The zero-order valence-electron chi connectivity index (χ0n) is 21.6. The van der Waals surface area contributed by atoms with Gasteiger partial charge in [-0.15, -0.1) is 0 Å². The van der Waals surface area contributed by atoms with Crippen LogP contribution in [0.4, 0.5) is 0 Å². The number of rotatable bonds is 11. The second kappa shape index (κ2) is 12.5. The highest BCUT2D eigenvalue weighted by Crippen LogP contribution is 2.24. The van der Waals surface area contributed by atoms with Crippen LogP contribution >= 0.6 is 0 Å². The summed E-state index contributed by atoms with van der Waals surface area (Å²) in [6.45, 7) is 3.26. The number of aryl methyl sites for hydroxylation is 1. The summed E-state index contributed by atoms with van der Waals surface area (Å²) in [6, 6.07) is 23.5. The third-order valence-corrected chi connectivity index (χ3v) is 6.14. The standard InChI is InChI=1S/C31H31N3O4/c1-3-34-21-28(25-11-13-26(14-12-25)31(37)32-2)33-29(34)19-8-22-6-9-23(10-7-22)24-15-17-27(18-16-24)38-20-4-5-30(35)36/h6-19,21H,3-5,20H2,1-2H3,(H,32,37)(H,35,36)/b19-8+. The lowest BCUT2D eigenvalue weighted by molar-refractivity contribution is -0.137. The van der Waals surface area contributed by atoms with Crippen LogP contribution < -0.4 is 10.1 Å². The van der Waals surface area contributed by atoms with Crippen LogP contribution in [-0.2, 0) is 11.3 Å².